The summed E-state index contributed by atoms with van der Waals surface area (Å²) in [7, 11) is 2.90. The quantitative estimate of drug-likeness (QED) is 0.305. The van der Waals surface area contributed by atoms with Gasteiger partial charge in [0.15, 0.2) is 10.8 Å². The van der Waals surface area contributed by atoms with Crippen LogP contribution >= 0.6 is 11.3 Å². The number of amides is 1. The molecule has 10 heteroatoms. The first-order valence-corrected chi connectivity index (χ1v) is 7.86. The van der Waals surface area contributed by atoms with Gasteiger partial charge in [-0.1, -0.05) is 11.7 Å². The summed E-state index contributed by atoms with van der Waals surface area (Å²) >= 11 is 1.21. The summed E-state index contributed by atoms with van der Waals surface area (Å²) in [5.41, 5.74) is 5.99. The zero-order valence-electron chi connectivity index (χ0n) is 12.7. The van der Waals surface area contributed by atoms with Gasteiger partial charge in [-0.2, -0.15) is 0 Å². The van der Waals surface area contributed by atoms with Crippen molar-refractivity contribution in [2.24, 2.45) is 5.16 Å². The molecule has 8 nitrogen and oxygen atoms in total. The molecule has 0 spiro atoms. The van der Waals surface area contributed by atoms with Gasteiger partial charge in [0.1, 0.15) is 12.8 Å². The number of thiazole rings is 1. The van der Waals surface area contributed by atoms with E-state index < -0.39 is 5.91 Å². The largest absolute Gasteiger partial charge is 0.513 e. The van der Waals surface area contributed by atoms with Crippen LogP contribution in [0.2, 0.25) is 0 Å². The van der Waals surface area contributed by atoms with E-state index >= 15 is 0 Å². The topological polar surface area (TPSA) is 119 Å². The van der Waals surface area contributed by atoms with Gasteiger partial charge in [0.25, 0.3) is 5.91 Å². The molecule has 1 radical (unpaired) electrons. The molecular weight excluding hydrogens is 319 g/mol. The second-order valence-corrected chi connectivity index (χ2v) is 5.90. The fraction of sp³-hybridized carbons (Fsp3) is 0.462. The molecule has 2 atom stereocenters. The monoisotopic (exact) mass is 337 g/mol. The summed E-state index contributed by atoms with van der Waals surface area (Å²) in [4.78, 5) is 21.1. The van der Waals surface area contributed by atoms with E-state index in [-0.39, 0.29) is 23.5 Å². The van der Waals surface area contributed by atoms with E-state index in [1.54, 1.807) is 12.9 Å². The number of oxime groups is 1. The number of aliphatic hydroxyl groups excluding tert-OH is 1. The number of carbonyl (C=O) groups excluding carboxylic acids is 1. The van der Waals surface area contributed by atoms with Crippen molar-refractivity contribution in [2.75, 3.05) is 12.8 Å². The highest BCUT2D eigenvalue weighted by molar-refractivity contribution is 7.13. The lowest BCUT2D eigenvalue weighted by Crippen LogP contribution is -2.47. The van der Waals surface area contributed by atoms with Gasteiger partial charge in [-0.3, -0.25) is 4.79 Å². The lowest BCUT2D eigenvalue weighted by atomic mass is 9.79. The molecule has 0 bridgehead atoms. The molecule has 0 saturated carbocycles. The zero-order valence-corrected chi connectivity index (χ0v) is 13.5. The first-order chi connectivity index (χ1) is 11.0. The number of hydrogen-bond acceptors (Lipinski definition) is 8. The van der Waals surface area contributed by atoms with Crippen molar-refractivity contribution in [3.63, 3.8) is 0 Å². The summed E-state index contributed by atoms with van der Waals surface area (Å²) < 4.78 is 5.49. The molecule has 1 fully saturated rings. The number of nitrogens with one attached hydrogen (secondary N) is 1. The highest BCUT2D eigenvalue weighted by Crippen LogP contribution is 2.18. The van der Waals surface area contributed by atoms with Crippen molar-refractivity contribution in [3.05, 3.63) is 23.4 Å². The van der Waals surface area contributed by atoms with Crippen LogP contribution in [0.4, 0.5) is 5.13 Å². The molecule has 1 aliphatic heterocycles. The maximum Gasteiger partial charge on any atom is 0.317 e. The van der Waals surface area contributed by atoms with Crippen molar-refractivity contribution in [3.8, 4) is 0 Å². The molecule has 1 amide bonds. The summed E-state index contributed by atoms with van der Waals surface area (Å²) in [5, 5.41) is 17.7. The lowest BCUT2D eigenvalue weighted by molar-refractivity contribution is -0.115. The molecule has 0 aromatic carbocycles. The van der Waals surface area contributed by atoms with E-state index in [0.717, 1.165) is 0 Å². The van der Waals surface area contributed by atoms with Crippen LogP contribution < -0.4 is 11.1 Å². The zero-order chi connectivity index (χ0) is 16.8. The fourth-order valence-electron chi connectivity index (χ4n) is 2.16. The third-order valence-corrected chi connectivity index (χ3v) is 3.85. The van der Waals surface area contributed by atoms with E-state index in [2.05, 4.69) is 22.0 Å². The molecule has 1 saturated heterocycles. The van der Waals surface area contributed by atoms with Crippen molar-refractivity contribution in [2.45, 2.75) is 31.3 Å². The van der Waals surface area contributed by atoms with Crippen molar-refractivity contribution in [1.29, 1.82) is 0 Å². The Morgan fingerprint density at radius 3 is 3.04 bits per heavy atom. The summed E-state index contributed by atoms with van der Waals surface area (Å²) in [6.45, 7) is 3.44. The normalized spacial score (nSPS) is 21.3. The Labute approximate surface area is 138 Å². The first kappa shape index (κ1) is 17.3. The van der Waals surface area contributed by atoms with Gasteiger partial charge in [-0.05, 0) is 12.8 Å². The molecule has 23 heavy (non-hydrogen) atoms. The minimum atomic E-state index is -0.424. The average molecular weight is 337 g/mol. The highest BCUT2D eigenvalue weighted by Gasteiger charge is 2.27. The molecule has 1 aromatic heterocycles. The lowest BCUT2D eigenvalue weighted by Gasteiger charge is -2.28. The van der Waals surface area contributed by atoms with Crippen LogP contribution in [0.25, 0.3) is 0 Å². The predicted molar refractivity (Wildman–Crippen MR) is 88.2 cm³/mol. The van der Waals surface area contributed by atoms with E-state index in [9.17, 15) is 9.90 Å². The Morgan fingerprint density at radius 2 is 2.52 bits per heavy atom. The second-order valence-electron chi connectivity index (χ2n) is 5.02. The Balaban J connectivity index is 1.93. The van der Waals surface area contributed by atoms with Gasteiger partial charge < -0.3 is 25.6 Å². The smallest absolute Gasteiger partial charge is 0.317 e. The minimum Gasteiger partial charge on any atom is -0.513 e. The summed E-state index contributed by atoms with van der Waals surface area (Å²) in [6, 6.07) is 0. The predicted octanol–water partition coefficient (Wildman–Crippen LogP) is 0.778. The van der Waals surface area contributed by atoms with Crippen molar-refractivity contribution in [1.82, 2.24) is 10.3 Å². The number of carbonyl (C=O) groups is 1. The SMILES string of the molecule is C=C(O)CC1CCC(NC(=O)/C(=N\OC)c2csc(N)n2)[B]O1. The van der Waals surface area contributed by atoms with Gasteiger partial charge >= 0.3 is 7.48 Å². The third kappa shape index (κ3) is 4.97. The molecule has 123 valence electrons. The number of nitrogen functional groups attached to an aromatic ring is 1. The molecule has 2 unspecified atom stereocenters. The maximum absolute atomic E-state index is 12.3. The van der Waals surface area contributed by atoms with E-state index in [4.69, 9.17) is 15.2 Å². The Morgan fingerprint density at radius 1 is 1.74 bits per heavy atom. The number of nitrogens with two attached hydrogens (primary N) is 1. The molecular formula is C13H18BN4O4S. The van der Waals surface area contributed by atoms with Crippen LogP contribution in [-0.2, 0) is 14.3 Å². The summed E-state index contributed by atoms with van der Waals surface area (Å²) in [6.07, 6.45) is 1.64. The number of aromatic nitrogens is 1. The number of hydrogen-bond donors (Lipinski definition) is 3. The number of nitrogens with zero attached hydrogens (tertiary/aromatic N) is 2. The van der Waals surface area contributed by atoms with Gasteiger partial charge in [0.2, 0.25) is 0 Å². The van der Waals surface area contributed by atoms with Gasteiger partial charge in [0, 0.05) is 23.8 Å². The fourth-order valence-corrected chi connectivity index (χ4v) is 2.70. The molecule has 2 rings (SSSR count). The van der Waals surface area contributed by atoms with Gasteiger partial charge in [-0.15, -0.1) is 11.3 Å². The van der Waals surface area contributed by atoms with Crippen LogP contribution in [-0.4, -0.2) is 48.3 Å². The van der Waals surface area contributed by atoms with E-state index in [1.807, 2.05) is 0 Å². The number of anilines is 1. The van der Waals surface area contributed by atoms with Gasteiger partial charge in [-0.25, -0.2) is 4.98 Å². The van der Waals surface area contributed by atoms with Crippen molar-refractivity contribution < 1.29 is 19.4 Å². The molecule has 1 aromatic rings. The standard InChI is InChI=1S/C13H18BN4O4S/c1-7(19)5-8-3-4-10(14-22-8)17-12(20)11(18-21-2)9-6-23-13(15)16-9/h6,8,10,19H,1,3-5H2,2H3,(H2,15,16)(H,17,20)/b18-11-. The van der Waals surface area contributed by atoms with Crippen LogP contribution in [0.3, 0.4) is 0 Å². The van der Waals surface area contributed by atoms with Crippen LogP contribution in [0.15, 0.2) is 22.9 Å². The average Bonchev–Trinajstić information content (AvgIpc) is 2.92. The maximum atomic E-state index is 12.3. The summed E-state index contributed by atoms with van der Waals surface area (Å²) in [5.74, 6) is -0.600. The molecule has 0 aliphatic carbocycles. The second kappa shape index (κ2) is 7.98. The van der Waals surface area contributed by atoms with E-state index in [0.29, 0.717) is 30.1 Å². The third-order valence-electron chi connectivity index (χ3n) is 3.18. The molecule has 4 N–H and O–H groups in total. The van der Waals surface area contributed by atoms with Crippen molar-refractivity contribution >= 4 is 35.6 Å². The Hall–Kier alpha value is -2.07. The number of aliphatic hydroxyl groups is 1. The Bertz CT molecular complexity index is 599. The van der Waals surface area contributed by atoms with E-state index in [1.165, 1.54) is 18.4 Å². The molecule has 1 aliphatic rings. The van der Waals surface area contributed by atoms with Crippen LogP contribution in [0.5, 0.6) is 0 Å². The molecule has 2 heterocycles. The highest BCUT2D eigenvalue weighted by atomic mass is 32.1. The van der Waals surface area contributed by atoms with Crippen LogP contribution in [0, 0.1) is 0 Å². The minimum absolute atomic E-state index is 0.0553. The van der Waals surface area contributed by atoms with Crippen LogP contribution in [0.1, 0.15) is 25.0 Å². The number of rotatable bonds is 6. The van der Waals surface area contributed by atoms with Gasteiger partial charge in [0.05, 0.1) is 5.76 Å². The Kier molecular flexibility index (Phi) is 6.00. The first-order valence-electron chi connectivity index (χ1n) is 6.98.